The summed E-state index contributed by atoms with van der Waals surface area (Å²) in [5.74, 6) is 0.517. The number of rotatable bonds is 6. The molecule has 1 atom stereocenters. The molecule has 0 spiro atoms. The number of nitrogens with one attached hydrogen (secondary N) is 3. The molecule has 1 fully saturated rings. The zero-order valence-electron chi connectivity index (χ0n) is 15.4. The Kier molecular flexibility index (Phi) is 7.38. The van der Waals surface area contributed by atoms with Gasteiger partial charge in [-0.2, -0.15) is 0 Å². The van der Waals surface area contributed by atoms with Gasteiger partial charge in [-0.25, -0.2) is 4.79 Å². The van der Waals surface area contributed by atoms with Gasteiger partial charge in [0.15, 0.2) is 0 Å². The molecule has 7 nitrogen and oxygen atoms in total. The third-order valence-electron chi connectivity index (χ3n) is 4.42. The van der Waals surface area contributed by atoms with Crippen LogP contribution in [0.2, 0.25) is 5.02 Å². The van der Waals surface area contributed by atoms with E-state index in [9.17, 15) is 9.59 Å². The molecule has 26 heavy (non-hydrogen) atoms. The topological polar surface area (TPSA) is 88.7 Å². The van der Waals surface area contributed by atoms with Gasteiger partial charge in [-0.15, -0.1) is 0 Å². The maximum absolute atomic E-state index is 12.3. The highest BCUT2D eigenvalue weighted by Crippen LogP contribution is 2.36. The molecule has 3 amide bonds. The first-order chi connectivity index (χ1) is 12.4. The Balaban J connectivity index is 1.93. The number of ether oxygens (including phenoxy) is 2. The van der Waals surface area contributed by atoms with Gasteiger partial charge in [-0.1, -0.05) is 30.9 Å². The molecule has 3 N–H and O–H groups in total. The normalized spacial score (nSPS) is 15.7. The van der Waals surface area contributed by atoms with Crippen molar-refractivity contribution >= 4 is 29.2 Å². The lowest BCUT2D eigenvalue weighted by Crippen LogP contribution is -2.49. The first kappa shape index (κ1) is 20.2. The minimum atomic E-state index is -0.662. The van der Waals surface area contributed by atoms with E-state index in [-0.39, 0.29) is 6.04 Å². The molecule has 8 heteroatoms. The number of carbonyl (C=O) groups excluding carboxylic acids is 2. The molecule has 0 radical (unpaired) electrons. The summed E-state index contributed by atoms with van der Waals surface area (Å²) in [5, 5.41) is 8.62. The fraction of sp³-hybridized carbons (Fsp3) is 0.556. The van der Waals surface area contributed by atoms with E-state index in [0.29, 0.717) is 22.2 Å². The van der Waals surface area contributed by atoms with Gasteiger partial charge in [0, 0.05) is 12.1 Å². The summed E-state index contributed by atoms with van der Waals surface area (Å²) in [6.45, 7) is 1.65. The van der Waals surface area contributed by atoms with Crippen molar-refractivity contribution in [3.8, 4) is 11.5 Å². The highest BCUT2D eigenvalue weighted by atomic mass is 35.5. The summed E-state index contributed by atoms with van der Waals surface area (Å²) in [6, 6.07) is 2.26. The molecule has 1 aromatic rings. The van der Waals surface area contributed by atoms with Gasteiger partial charge < -0.3 is 20.1 Å². The Morgan fingerprint density at radius 2 is 1.77 bits per heavy atom. The summed E-state index contributed by atoms with van der Waals surface area (Å²) in [6.07, 6.45) is 5.32. The maximum Gasteiger partial charge on any atom is 0.321 e. The van der Waals surface area contributed by atoms with E-state index in [2.05, 4.69) is 16.0 Å². The molecule has 0 heterocycles. The van der Waals surface area contributed by atoms with Gasteiger partial charge >= 0.3 is 6.03 Å². The Labute approximate surface area is 158 Å². The Bertz CT molecular complexity index is 648. The number of urea groups is 1. The SMILES string of the molecule is COc1cc(OC)c(N[C@H](C)C(=O)NC(=O)NC2CCCCC2)cc1Cl. The third-order valence-corrected chi connectivity index (χ3v) is 4.71. The number of amides is 3. The van der Waals surface area contributed by atoms with Crippen LogP contribution in [-0.2, 0) is 4.79 Å². The van der Waals surface area contributed by atoms with Crippen LogP contribution in [0.3, 0.4) is 0 Å². The third kappa shape index (κ3) is 5.42. The first-order valence-electron chi connectivity index (χ1n) is 8.74. The van der Waals surface area contributed by atoms with Crippen LogP contribution in [0.25, 0.3) is 0 Å². The highest BCUT2D eigenvalue weighted by Gasteiger charge is 2.21. The summed E-state index contributed by atoms with van der Waals surface area (Å²) >= 11 is 6.13. The van der Waals surface area contributed by atoms with Crippen LogP contribution in [-0.4, -0.2) is 38.2 Å². The van der Waals surface area contributed by atoms with Crippen molar-refractivity contribution in [1.82, 2.24) is 10.6 Å². The van der Waals surface area contributed by atoms with E-state index in [1.807, 2.05) is 0 Å². The number of anilines is 1. The second-order valence-electron chi connectivity index (χ2n) is 6.35. The van der Waals surface area contributed by atoms with Crippen LogP contribution in [0.4, 0.5) is 10.5 Å². The van der Waals surface area contributed by atoms with Gasteiger partial charge in [0.2, 0.25) is 5.91 Å². The molecular formula is C18H26ClN3O4. The molecule has 1 aromatic carbocycles. The van der Waals surface area contributed by atoms with Crippen LogP contribution in [0.5, 0.6) is 11.5 Å². The fourth-order valence-corrected chi connectivity index (χ4v) is 3.20. The number of halogens is 1. The molecule has 1 aliphatic rings. The fourth-order valence-electron chi connectivity index (χ4n) is 2.96. The molecule has 0 saturated heterocycles. The zero-order valence-corrected chi connectivity index (χ0v) is 16.1. The van der Waals surface area contributed by atoms with Crippen LogP contribution in [0.15, 0.2) is 12.1 Å². The molecule has 0 aliphatic heterocycles. The molecule has 2 rings (SSSR count). The predicted molar refractivity (Wildman–Crippen MR) is 101 cm³/mol. The van der Waals surface area contributed by atoms with E-state index in [4.69, 9.17) is 21.1 Å². The van der Waals surface area contributed by atoms with E-state index >= 15 is 0 Å². The quantitative estimate of drug-likeness (QED) is 0.701. The minimum absolute atomic E-state index is 0.139. The van der Waals surface area contributed by atoms with Gasteiger partial charge in [-0.05, 0) is 25.8 Å². The smallest absolute Gasteiger partial charge is 0.321 e. The van der Waals surface area contributed by atoms with Crippen LogP contribution >= 0.6 is 11.6 Å². The van der Waals surface area contributed by atoms with Crippen LogP contribution in [0.1, 0.15) is 39.0 Å². The lowest BCUT2D eigenvalue weighted by atomic mass is 9.96. The molecular weight excluding hydrogens is 358 g/mol. The number of methoxy groups -OCH3 is 2. The largest absolute Gasteiger partial charge is 0.495 e. The number of hydrogen-bond acceptors (Lipinski definition) is 5. The number of benzene rings is 1. The predicted octanol–water partition coefficient (Wildman–Crippen LogP) is 3.32. The summed E-state index contributed by atoms with van der Waals surface area (Å²) in [4.78, 5) is 24.3. The standard InChI is InChI=1S/C18H26ClN3O4/c1-11(17(23)22-18(24)21-12-7-5-4-6-8-12)20-14-9-13(19)15(25-2)10-16(14)26-3/h9-12,20H,4-8H2,1-3H3,(H2,21,22,23,24)/t11-/m1/s1. The van der Waals surface area contributed by atoms with E-state index in [1.165, 1.54) is 20.6 Å². The van der Waals surface area contributed by atoms with E-state index < -0.39 is 18.0 Å². The maximum atomic E-state index is 12.3. The average Bonchev–Trinajstić information content (AvgIpc) is 2.62. The van der Waals surface area contributed by atoms with Crippen molar-refractivity contribution in [2.24, 2.45) is 0 Å². The molecule has 0 bridgehead atoms. The second kappa shape index (κ2) is 9.52. The molecule has 0 unspecified atom stereocenters. The van der Waals surface area contributed by atoms with Crippen molar-refractivity contribution < 1.29 is 19.1 Å². The second-order valence-corrected chi connectivity index (χ2v) is 6.76. The monoisotopic (exact) mass is 383 g/mol. The average molecular weight is 384 g/mol. The minimum Gasteiger partial charge on any atom is -0.495 e. The summed E-state index contributed by atoms with van der Waals surface area (Å²) in [7, 11) is 3.02. The summed E-state index contributed by atoms with van der Waals surface area (Å²) in [5.41, 5.74) is 0.536. The molecule has 1 aliphatic carbocycles. The van der Waals surface area contributed by atoms with Gasteiger partial charge in [0.05, 0.1) is 24.9 Å². The summed E-state index contributed by atoms with van der Waals surface area (Å²) < 4.78 is 10.4. The Morgan fingerprint density at radius 1 is 1.12 bits per heavy atom. The van der Waals surface area contributed by atoms with Crippen molar-refractivity contribution in [1.29, 1.82) is 0 Å². The lowest BCUT2D eigenvalue weighted by molar-refractivity contribution is -0.120. The van der Waals surface area contributed by atoms with Crippen molar-refractivity contribution in [3.63, 3.8) is 0 Å². The van der Waals surface area contributed by atoms with Crippen LogP contribution < -0.4 is 25.4 Å². The van der Waals surface area contributed by atoms with E-state index in [0.717, 1.165) is 25.7 Å². The number of imide groups is 1. The van der Waals surface area contributed by atoms with Gasteiger partial charge in [0.25, 0.3) is 0 Å². The lowest BCUT2D eigenvalue weighted by Gasteiger charge is -2.23. The van der Waals surface area contributed by atoms with Gasteiger partial charge in [0.1, 0.15) is 17.5 Å². The molecule has 1 saturated carbocycles. The Hall–Kier alpha value is -2.15. The number of hydrogen-bond donors (Lipinski definition) is 3. The Morgan fingerprint density at radius 3 is 2.38 bits per heavy atom. The highest BCUT2D eigenvalue weighted by molar-refractivity contribution is 6.32. The van der Waals surface area contributed by atoms with Gasteiger partial charge in [-0.3, -0.25) is 10.1 Å². The molecule has 0 aromatic heterocycles. The van der Waals surface area contributed by atoms with Crippen molar-refractivity contribution in [2.75, 3.05) is 19.5 Å². The van der Waals surface area contributed by atoms with Crippen molar-refractivity contribution in [2.45, 2.75) is 51.1 Å². The number of carbonyl (C=O) groups is 2. The van der Waals surface area contributed by atoms with Crippen molar-refractivity contribution in [3.05, 3.63) is 17.2 Å². The molecule has 144 valence electrons. The van der Waals surface area contributed by atoms with E-state index in [1.54, 1.807) is 19.1 Å². The first-order valence-corrected chi connectivity index (χ1v) is 9.11. The zero-order chi connectivity index (χ0) is 19.1. The van der Waals surface area contributed by atoms with Crippen LogP contribution in [0, 0.1) is 0 Å².